The number of rotatable bonds is 6. The number of aromatic amines is 1. The van der Waals surface area contributed by atoms with Gasteiger partial charge in [0.05, 0.1) is 5.69 Å². The number of anilines is 1. The summed E-state index contributed by atoms with van der Waals surface area (Å²) in [4.78, 5) is 14.3. The molecule has 2 N–H and O–H groups in total. The average Bonchev–Trinajstić information content (AvgIpc) is 3.04. The molecular weight excluding hydrogens is 362 g/mol. The highest BCUT2D eigenvalue weighted by Crippen LogP contribution is 2.31. The minimum Gasteiger partial charge on any atom is -0.366 e. The van der Waals surface area contributed by atoms with Crippen LogP contribution < -0.4 is 5.32 Å². The molecule has 3 heterocycles. The Kier molecular flexibility index (Phi) is 4.63. The molecule has 0 amide bonds. The first-order valence-electron chi connectivity index (χ1n) is 8.05. The second-order valence-corrected chi connectivity index (χ2v) is 6.23. The molecular formula is C18H17F4N5. The summed E-state index contributed by atoms with van der Waals surface area (Å²) in [6.07, 6.45) is 3.13. The average molecular weight is 379 g/mol. The zero-order valence-electron chi connectivity index (χ0n) is 14.7. The van der Waals surface area contributed by atoms with Gasteiger partial charge in [-0.1, -0.05) is 6.58 Å². The summed E-state index contributed by atoms with van der Waals surface area (Å²) < 4.78 is 54.5. The Bertz CT molecular complexity index is 991. The second kappa shape index (κ2) is 6.64. The lowest BCUT2D eigenvalue weighted by Crippen LogP contribution is -2.15. The Morgan fingerprint density at radius 3 is 2.59 bits per heavy atom. The molecule has 5 nitrogen and oxygen atoms in total. The molecule has 0 atom stereocenters. The maximum Gasteiger partial charge on any atom is 0.305 e. The fourth-order valence-electron chi connectivity index (χ4n) is 2.70. The van der Waals surface area contributed by atoms with E-state index >= 15 is 0 Å². The first-order chi connectivity index (χ1) is 12.6. The van der Waals surface area contributed by atoms with E-state index in [-0.39, 0.29) is 29.3 Å². The van der Waals surface area contributed by atoms with E-state index < -0.39 is 11.8 Å². The highest BCUT2D eigenvalue weighted by atomic mass is 19.3. The van der Waals surface area contributed by atoms with Crippen LogP contribution in [0.5, 0.6) is 0 Å². The van der Waals surface area contributed by atoms with Crippen molar-refractivity contribution < 1.29 is 17.6 Å². The van der Waals surface area contributed by atoms with Crippen LogP contribution in [0, 0.1) is 6.92 Å². The fraction of sp³-hybridized carbons (Fsp3) is 0.278. The Morgan fingerprint density at radius 2 is 1.93 bits per heavy atom. The van der Waals surface area contributed by atoms with E-state index in [1.807, 2.05) is 0 Å². The molecule has 27 heavy (non-hydrogen) atoms. The van der Waals surface area contributed by atoms with E-state index in [2.05, 4.69) is 31.8 Å². The van der Waals surface area contributed by atoms with E-state index in [9.17, 15) is 17.6 Å². The lowest BCUT2D eigenvalue weighted by molar-refractivity contribution is 0.0120. The third-order valence-corrected chi connectivity index (χ3v) is 4.10. The largest absolute Gasteiger partial charge is 0.366 e. The first kappa shape index (κ1) is 18.8. The lowest BCUT2D eigenvalue weighted by Gasteiger charge is -2.15. The number of nitrogens with zero attached hydrogens (tertiary/aromatic N) is 3. The van der Waals surface area contributed by atoms with Crippen molar-refractivity contribution in [1.82, 2.24) is 19.9 Å². The molecule has 0 aliphatic rings. The zero-order valence-corrected chi connectivity index (χ0v) is 14.7. The van der Waals surface area contributed by atoms with Gasteiger partial charge < -0.3 is 10.3 Å². The van der Waals surface area contributed by atoms with Crippen molar-refractivity contribution in [3.05, 3.63) is 59.8 Å². The number of nitrogens with one attached hydrogen (secondary N) is 2. The highest BCUT2D eigenvalue weighted by molar-refractivity contribution is 5.77. The summed E-state index contributed by atoms with van der Waals surface area (Å²) in [5.74, 6) is -5.99. The Labute approximate surface area is 152 Å². The molecule has 0 aliphatic carbocycles. The molecule has 0 aromatic carbocycles. The van der Waals surface area contributed by atoms with Crippen LogP contribution in [0.4, 0.5) is 23.4 Å². The molecule has 3 aromatic heterocycles. The third-order valence-electron chi connectivity index (χ3n) is 4.10. The van der Waals surface area contributed by atoms with Crippen LogP contribution in [0.3, 0.4) is 0 Å². The Balaban J connectivity index is 1.83. The molecule has 0 saturated carbocycles. The summed E-state index contributed by atoms with van der Waals surface area (Å²) in [5.41, 5.74) is 0.592. The third kappa shape index (κ3) is 3.76. The van der Waals surface area contributed by atoms with Crippen molar-refractivity contribution in [1.29, 1.82) is 0 Å². The SMILES string of the molecule is C=CC(F)(F)c1cc2cc(CNc3ncnc(C(C)(F)F)c3C)cnc2[nH]1. The summed E-state index contributed by atoms with van der Waals surface area (Å²) in [6.45, 7) is 5.63. The normalized spacial score (nSPS) is 12.4. The van der Waals surface area contributed by atoms with Crippen molar-refractivity contribution in [3.8, 4) is 0 Å². The quantitative estimate of drug-likeness (QED) is 0.483. The molecule has 3 rings (SSSR count). The number of allylic oxidation sites excluding steroid dienone is 1. The monoisotopic (exact) mass is 379 g/mol. The lowest BCUT2D eigenvalue weighted by atomic mass is 10.1. The number of pyridine rings is 1. The molecule has 0 aliphatic heterocycles. The number of alkyl halides is 4. The van der Waals surface area contributed by atoms with Crippen LogP contribution in [0.2, 0.25) is 0 Å². The molecule has 3 aromatic rings. The topological polar surface area (TPSA) is 66.5 Å². The van der Waals surface area contributed by atoms with E-state index in [1.165, 1.54) is 19.2 Å². The van der Waals surface area contributed by atoms with Crippen LogP contribution in [0.15, 0.2) is 37.3 Å². The number of halogens is 4. The maximum atomic E-state index is 13.7. The van der Waals surface area contributed by atoms with Crippen molar-refractivity contribution in [2.75, 3.05) is 5.32 Å². The van der Waals surface area contributed by atoms with Gasteiger partial charge in [0.25, 0.3) is 5.92 Å². The van der Waals surface area contributed by atoms with Crippen LogP contribution >= 0.6 is 0 Å². The predicted molar refractivity (Wildman–Crippen MR) is 93.8 cm³/mol. The van der Waals surface area contributed by atoms with Crippen LogP contribution in [-0.4, -0.2) is 19.9 Å². The first-order valence-corrected chi connectivity index (χ1v) is 8.05. The van der Waals surface area contributed by atoms with Crippen LogP contribution in [0.25, 0.3) is 11.0 Å². The van der Waals surface area contributed by atoms with E-state index in [0.29, 0.717) is 22.7 Å². The summed E-state index contributed by atoms with van der Waals surface area (Å²) >= 11 is 0. The van der Waals surface area contributed by atoms with Crippen LogP contribution in [0.1, 0.15) is 29.4 Å². The highest BCUT2D eigenvalue weighted by Gasteiger charge is 2.30. The van der Waals surface area contributed by atoms with Crippen molar-refractivity contribution >= 4 is 16.9 Å². The van der Waals surface area contributed by atoms with Gasteiger partial charge in [-0.2, -0.15) is 17.6 Å². The van der Waals surface area contributed by atoms with Gasteiger partial charge >= 0.3 is 5.92 Å². The molecule has 0 bridgehead atoms. The summed E-state index contributed by atoms with van der Waals surface area (Å²) in [7, 11) is 0. The van der Waals surface area contributed by atoms with Gasteiger partial charge in [-0.25, -0.2) is 15.0 Å². The molecule has 0 unspecified atom stereocenters. The number of hydrogen-bond acceptors (Lipinski definition) is 4. The minimum absolute atomic E-state index is 0.230. The van der Waals surface area contributed by atoms with Gasteiger partial charge in [0.15, 0.2) is 0 Å². The van der Waals surface area contributed by atoms with Crippen molar-refractivity contribution in [2.45, 2.75) is 32.2 Å². The molecule has 0 saturated heterocycles. The van der Waals surface area contributed by atoms with E-state index in [1.54, 1.807) is 6.07 Å². The molecule has 0 radical (unpaired) electrons. The molecule has 0 fully saturated rings. The standard InChI is InChI=1S/C18H17F4N5/c1-4-18(21,22)13-6-12-5-11(8-24-16(12)27-13)7-23-15-10(2)14(17(3,19)20)25-9-26-15/h4-6,8-9H,1,7H2,2-3H3,(H,24,27)(H,23,25,26). The second-order valence-electron chi connectivity index (χ2n) is 6.23. The minimum atomic E-state index is -3.18. The number of hydrogen-bond donors (Lipinski definition) is 2. The van der Waals surface area contributed by atoms with Crippen LogP contribution in [-0.2, 0) is 18.4 Å². The van der Waals surface area contributed by atoms with Gasteiger partial charge in [-0.15, -0.1) is 0 Å². The van der Waals surface area contributed by atoms with E-state index in [4.69, 9.17) is 0 Å². The smallest absolute Gasteiger partial charge is 0.305 e. The summed E-state index contributed by atoms with van der Waals surface area (Å²) in [5, 5.41) is 3.46. The summed E-state index contributed by atoms with van der Waals surface area (Å²) in [6, 6.07) is 2.99. The van der Waals surface area contributed by atoms with Gasteiger partial charge in [0, 0.05) is 30.6 Å². The number of fused-ring (bicyclic) bond motifs is 1. The zero-order chi connectivity index (χ0) is 19.8. The number of H-pyrrole nitrogens is 1. The molecule has 142 valence electrons. The number of aromatic nitrogens is 4. The van der Waals surface area contributed by atoms with Gasteiger partial charge in [-0.05, 0) is 30.7 Å². The molecule has 0 spiro atoms. The predicted octanol–water partition coefficient (Wildman–Crippen LogP) is 4.66. The Hall–Kier alpha value is -2.97. The van der Waals surface area contributed by atoms with Gasteiger partial charge in [0.2, 0.25) is 0 Å². The van der Waals surface area contributed by atoms with Gasteiger partial charge in [0.1, 0.15) is 23.5 Å². The van der Waals surface area contributed by atoms with Crippen molar-refractivity contribution in [3.63, 3.8) is 0 Å². The van der Waals surface area contributed by atoms with E-state index in [0.717, 1.165) is 13.3 Å². The van der Waals surface area contributed by atoms with Gasteiger partial charge in [-0.3, -0.25) is 0 Å². The van der Waals surface area contributed by atoms with Crippen molar-refractivity contribution in [2.24, 2.45) is 0 Å². The molecule has 9 heteroatoms. The Morgan fingerprint density at radius 1 is 1.19 bits per heavy atom. The fourth-order valence-corrected chi connectivity index (χ4v) is 2.70. The maximum absolute atomic E-state index is 13.7.